The number of ether oxygens (including phenoxy) is 4. The topological polar surface area (TPSA) is 100 Å². The van der Waals surface area contributed by atoms with Gasteiger partial charge in [0, 0.05) is 30.3 Å². The third-order valence-electron chi connectivity index (χ3n) is 5.43. The Morgan fingerprint density at radius 1 is 1.03 bits per heavy atom. The Kier molecular flexibility index (Phi) is 6.48. The van der Waals surface area contributed by atoms with Gasteiger partial charge in [-0.1, -0.05) is 5.16 Å². The van der Waals surface area contributed by atoms with Crippen molar-refractivity contribution < 1.29 is 33.1 Å². The lowest BCUT2D eigenvalue weighted by Crippen LogP contribution is -2.26. The van der Waals surface area contributed by atoms with Gasteiger partial charge in [-0.15, -0.1) is 0 Å². The van der Waals surface area contributed by atoms with Gasteiger partial charge in [0.25, 0.3) is 0 Å². The summed E-state index contributed by atoms with van der Waals surface area (Å²) in [6, 6.07) is 14.2. The zero-order valence-corrected chi connectivity index (χ0v) is 18.6. The first-order valence-electron chi connectivity index (χ1n) is 10.3. The molecule has 3 aromatic rings. The van der Waals surface area contributed by atoms with E-state index in [1.807, 2.05) is 6.07 Å². The van der Waals surface area contributed by atoms with Crippen LogP contribution in [-0.4, -0.2) is 44.9 Å². The van der Waals surface area contributed by atoms with Gasteiger partial charge in [0.2, 0.25) is 5.91 Å². The van der Waals surface area contributed by atoms with Crippen LogP contribution in [0, 0.1) is 5.92 Å². The Morgan fingerprint density at radius 2 is 1.79 bits per heavy atom. The zero-order valence-electron chi connectivity index (χ0n) is 18.6. The number of hydrogen-bond acceptors (Lipinski definition) is 8. The lowest BCUT2D eigenvalue weighted by atomic mass is 10.1. The molecule has 9 nitrogen and oxygen atoms in total. The van der Waals surface area contributed by atoms with Crippen LogP contribution in [0.5, 0.6) is 17.2 Å². The SMILES string of the molecule is COc1ccc(N2CC(C(=O)OCc3cc(-c4ccc(OC)c(OC)c4)on3)CC2=O)cc1. The second-order valence-electron chi connectivity index (χ2n) is 7.46. The molecular formula is C24H24N2O7. The second kappa shape index (κ2) is 9.64. The molecule has 33 heavy (non-hydrogen) atoms. The number of carbonyl (C=O) groups is 2. The van der Waals surface area contributed by atoms with Gasteiger partial charge in [0.05, 0.1) is 27.2 Å². The van der Waals surface area contributed by atoms with E-state index in [9.17, 15) is 9.59 Å². The van der Waals surface area contributed by atoms with Crippen LogP contribution in [0.25, 0.3) is 11.3 Å². The van der Waals surface area contributed by atoms with E-state index in [2.05, 4.69) is 5.16 Å². The Bertz CT molecular complexity index is 1140. The van der Waals surface area contributed by atoms with Gasteiger partial charge in [0.15, 0.2) is 17.3 Å². The molecule has 2 aromatic carbocycles. The minimum Gasteiger partial charge on any atom is -0.497 e. The zero-order chi connectivity index (χ0) is 23.4. The average Bonchev–Trinajstić information content (AvgIpc) is 3.49. The quantitative estimate of drug-likeness (QED) is 0.479. The lowest BCUT2D eigenvalue weighted by Gasteiger charge is -2.16. The van der Waals surface area contributed by atoms with Crippen molar-refractivity contribution >= 4 is 17.6 Å². The van der Waals surface area contributed by atoms with E-state index < -0.39 is 11.9 Å². The fourth-order valence-corrected chi connectivity index (χ4v) is 3.65. The number of rotatable bonds is 8. The largest absolute Gasteiger partial charge is 0.497 e. The van der Waals surface area contributed by atoms with E-state index in [1.165, 1.54) is 0 Å². The summed E-state index contributed by atoms with van der Waals surface area (Å²) in [4.78, 5) is 26.6. The van der Waals surface area contributed by atoms with Crippen LogP contribution < -0.4 is 19.1 Å². The maximum atomic E-state index is 12.6. The molecule has 1 saturated heterocycles. The van der Waals surface area contributed by atoms with Gasteiger partial charge in [-0.2, -0.15) is 0 Å². The molecule has 2 heterocycles. The van der Waals surface area contributed by atoms with Gasteiger partial charge in [-0.25, -0.2) is 0 Å². The van der Waals surface area contributed by atoms with Crippen molar-refractivity contribution in [2.45, 2.75) is 13.0 Å². The van der Waals surface area contributed by atoms with Gasteiger partial charge in [-0.3, -0.25) is 9.59 Å². The molecular weight excluding hydrogens is 428 g/mol. The summed E-state index contributed by atoms with van der Waals surface area (Å²) < 4.78 is 26.5. The molecule has 9 heteroatoms. The van der Waals surface area contributed by atoms with Crippen molar-refractivity contribution in [1.29, 1.82) is 0 Å². The number of amides is 1. The number of nitrogens with zero attached hydrogens (tertiary/aromatic N) is 2. The highest BCUT2D eigenvalue weighted by Crippen LogP contribution is 2.33. The fraction of sp³-hybridized carbons (Fsp3) is 0.292. The number of benzene rings is 2. The molecule has 1 aliphatic rings. The molecule has 0 N–H and O–H groups in total. The first-order chi connectivity index (χ1) is 16.0. The van der Waals surface area contributed by atoms with E-state index >= 15 is 0 Å². The summed E-state index contributed by atoms with van der Waals surface area (Å²) in [5.74, 6) is 1.24. The Labute approximate surface area is 190 Å². The van der Waals surface area contributed by atoms with Crippen molar-refractivity contribution in [3.8, 4) is 28.6 Å². The molecule has 1 amide bonds. The van der Waals surface area contributed by atoms with Crippen LogP contribution in [0.2, 0.25) is 0 Å². The first-order valence-corrected chi connectivity index (χ1v) is 10.3. The minimum absolute atomic E-state index is 0.0527. The number of methoxy groups -OCH3 is 3. The van der Waals surface area contributed by atoms with E-state index in [-0.39, 0.29) is 25.5 Å². The average molecular weight is 452 g/mol. The molecule has 1 fully saturated rings. The molecule has 1 atom stereocenters. The van der Waals surface area contributed by atoms with E-state index in [0.29, 0.717) is 34.4 Å². The van der Waals surface area contributed by atoms with Crippen LogP contribution in [0.3, 0.4) is 0 Å². The first kappa shape index (κ1) is 22.2. The highest BCUT2D eigenvalue weighted by molar-refractivity contribution is 5.99. The minimum atomic E-state index is -0.545. The number of hydrogen-bond donors (Lipinski definition) is 0. The van der Waals surface area contributed by atoms with E-state index in [4.69, 9.17) is 23.5 Å². The molecule has 0 bridgehead atoms. The summed E-state index contributed by atoms with van der Waals surface area (Å²) in [5, 5.41) is 3.97. The van der Waals surface area contributed by atoms with Crippen LogP contribution >= 0.6 is 0 Å². The van der Waals surface area contributed by atoms with Crippen molar-refractivity contribution in [2.24, 2.45) is 5.92 Å². The highest BCUT2D eigenvalue weighted by atomic mass is 16.5. The molecule has 0 radical (unpaired) electrons. The van der Waals surface area contributed by atoms with Gasteiger partial charge in [-0.05, 0) is 42.5 Å². The van der Waals surface area contributed by atoms with Crippen LogP contribution in [0.15, 0.2) is 53.1 Å². The molecule has 1 unspecified atom stereocenters. The van der Waals surface area contributed by atoms with Gasteiger partial charge >= 0.3 is 5.97 Å². The standard InChI is InChI=1S/C24H24N2O7/c1-29-19-7-5-18(6-8-19)26-13-16(11-23(26)27)24(28)32-14-17-12-21(33-25-17)15-4-9-20(30-2)22(10-15)31-3/h4-10,12,16H,11,13-14H2,1-3H3. The smallest absolute Gasteiger partial charge is 0.311 e. The molecule has 172 valence electrons. The highest BCUT2D eigenvalue weighted by Gasteiger charge is 2.36. The van der Waals surface area contributed by atoms with Crippen LogP contribution in [0.1, 0.15) is 12.1 Å². The summed E-state index contributed by atoms with van der Waals surface area (Å²) in [5.41, 5.74) is 1.92. The van der Waals surface area contributed by atoms with Crippen LogP contribution in [-0.2, 0) is 20.9 Å². The monoisotopic (exact) mass is 452 g/mol. The third kappa shape index (κ3) is 4.77. The van der Waals surface area contributed by atoms with Crippen molar-refractivity contribution in [2.75, 3.05) is 32.8 Å². The predicted molar refractivity (Wildman–Crippen MR) is 118 cm³/mol. The van der Waals surface area contributed by atoms with Crippen molar-refractivity contribution in [3.05, 3.63) is 54.2 Å². The molecule has 0 saturated carbocycles. The summed E-state index contributed by atoms with van der Waals surface area (Å²) in [6.45, 7) is 0.211. The lowest BCUT2D eigenvalue weighted by molar-refractivity contribution is -0.149. The molecule has 4 rings (SSSR count). The molecule has 0 aliphatic carbocycles. The predicted octanol–water partition coefficient (Wildman–Crippen LogP) is 3.46. The number of carbonyl (C=O) groups excluding carboxylic acids is 2. The van der Waals surface area contributed by atoms with E-state index in [1.54, 1.807) is 68.7 Å². The molecule has 1 aliphatic heterocycles. The third-order valence-corrected chi connectivity index (χ3v) is 5.43. The molecule has 0 spiro atoms. The maximum absolute atomic E-state index is 12.6. The maximum Gasteiger partial charge on any atom is 0.311 e. The number of esters is 1. The number of aromatic nitrogens is 1. The molecule has 1 aromatic heterocycles. The Balaban J connectivity index is 1.36. The fourth-order valence-electron chi connectivity index (χ4n) is 3.65. The van der Waals surface area contributed by atoms with Crippen LogP contribution in [0.4, 0.5) is 5.69 Å². The van der Waals surface area contributed by atoms with Gasteiger partial charge in [0.1, 0.15) is 18.1 Å². The summed E-state index contributed by atoms with van der Waals surface area (Å²) >= 11 is 0. The summed E-state index contributed by atoms with van der Waals surface area (Å²) in [7, 11) is 4.69. The normalized spacial score (nSPS) is 15.4. The van der Waals surface area contributed by atoms with Crippen molar-refractivity contribution in [1.82, 2.24) is 5.16 Å². The van der Waals surface area contributed by atoms with Gasteiger partial charge < -0.3 is 28.4 Å². The summed E-state index contributed by atoms with van der Waals surface area (Å²) in [6.07, 6.45) is 0.0978. The van der Waals surface area contributed by atoms with E-state index in [0.717, 1.165) is 5.56 Å². The Morgan fingerprint density at radius 3 is 2.48 bits per heavy atom. The Hall–Kier alpha value is -4.01. The van der Waals surface area contributed by atoms with Crippen molar-refractivity contribution in [3.63, 3.8) is 0 Å². The number of anilines is 1. The second-order valence-corrected chi connectivity index (χ2v) is 7.46.